The molecule has 0 heteroatoms. The molecule has 0 bridgehead atoms. The maximum absolute atomic E-state index is 3.38. The fraction of sp³-hybridized carbons (Fsp3) is 0.692. The van der Waals surface area contributed by atoms with Gasteiger partial charge in [0.1, 0.15) is 0 Å². The highest BCUT2D eigenvalue weighted by atomic mass is 13.9. The van der Waals surface area contributed by atoms with Crippen molar-refractivity contribution in [3.63, 3.8) is 0 Å². The summed E-state index contributed by atoms with van der Waals surface area (Å²) in [5.41, 5.74) is 0. The zero-order valence-electron chi connectivity index (χ0n) is 8.60. The highest BCUT2D eigenvalue weighted by molar-refractivity contribution is 4.82. The van der Waals surface area contributed by atoms with Crippen molar-refractivity contribution in [3.8, 4) is 0 Å². The van der Waals surface area contributed by atoms with Gasteiger partial charge in [-0.1, -0.05) is 24.6 Å². The summed E-state index contributed by atoms with van der Waals surface area (Å²) >= 11 is 0. The zero-order chi connectivity index (χ0) is 9.19. The van der Waals surface area contributed by atoms with Gasteiger partial charge in [0.15, 0.2) is 0 Å². The van der Waals surface area contributed by atoms with E-state index in [9.17, 15) is 0 Å². The molecule has 0 unspecified atom stereocenters. The number of hydrogen-bond donors (Lipinski definition) is 0. The van der Waals surface area contributed by atoms with E-state index in [4.69, 9.17) is 0 Å². The van der Waals surface area contributed by atoms with Gasteiger partial charge in [-0.2, -0.15) is 0 Å². The second kappa shape index (κ2) is 8.10. The molecule has 13 heavy (non-hydrogen) atoms. The molecule has 0 atom stereocenters. The molecule has 1 aliphatic rings. The highest BCUT2D eigenvalue weighted by Crippen LogP contribution is 2.08. The van der Waals surface area contributed by atoms with Crippen LogP contribution in [0.3, 0.4) is 0 Å². The molecule has 0 aliphatic heterocycles. The van der Waals surface area contributed by atoms with Crippen molar-refractivity contribution < 1.29 is 0 Å². The SMILES string of the molecule is [C]1=CCCCCC=CCCCCC1. The third kappa shape index (κ3) is 6.62. The minimum Gasteiger partial charge on any atom is -0.0885 e. The summed E-state index contributed by atoms with van der Waals surface area (Å²) in [7, 11) is 0. The Balaban J connectivity index is 2.18. The van der Waals surface area contributed by atoms with Crippen molar-refractivity contribution in [2.75, 3.05) is 0 Å². The zero-order valence-corrected chi connectivity index (χ0v) is 8.60. The minimum atomic E-state index is 1.17. The molecule has 1 radical (unpaired) electrons. The number of hydrogen-bond acceptors (Lipinski definition) is 0. The van der Waals surface area contributed by atoms with E-state index in [1.54, 1.807) is 0 Å². The molecule has 1 rings (SSSR count). The lowest BCUT2D eigenvalue weighted by Gasteiger charge is -1.93. The van der Waals surface area contributed by atoms with Gasteiger partial charge >= 0.3 is 0 Å². The maximum atomic E-state index is 3.38. The van der Waals surface area contributed by atoms with Gasteiger partial charge in [0.25, 0.3) is 0 Å². The maximum Gasteiger partial charge on any atom is -0.0279 e. The first-order valence-electron chi connectivity index (χ1n) is 5.70. The second-order valence-electron chi connectivity index (χ2n) is 3.76. The van der Waals surface area contributed by atoms with Crippen LogP contribution in [0.4, 0.5) is 0 Å². The summed E-state index contributed by atoms with van der Waals surface area (Å²) in [5.74, 6) is 0. The first-order chi connectivity index (χ1) is 6.50. The van der Waals surface area contributed by atoms with E-state index >= 15 is 0 Å². The van der Waals surface area contributed by atoms with Gasteiger partial charge < -0.3 is 0 Å². The van der Waals surface area contributed by atoms with E-state index in [2.05, 4.69) is 24.3 Å². The Kier molecular flexibility index (Phi) is 6.58. The van der Waals surface area contributed by atoms with Crippen LogP contribution >= 0.6 is 0 Å². The van der Waals surface area contributed by atoms with E-state index in [1.165, 1.54) is 57.8 Å². The molecular formula is C13H21. The van der Waals surface area contributed by atoms with Crippen LogP contribution in [0.25, 0.3) is 0 Å². The van der Waals surface area contributed by atoms with Gasteiger partial charge in [-0.15, -0.1) is 0 Å². The van der Waals surface area contributed by atoms with E-state index in [0.717, 1.165) is 0 Å². The molecule has 73 valence electrons. The Hall–Kier alpha value is -0.520. The summed E-state index contributed by atoms with van der Waals surface area (Å²) in [6, 6.07) is 0. The molecule has 0 saturated heterocycles. The fourth-order valence-electron chi connectivity index (χ4n) is 1.61. The summed E-state index contributed by atoms with van der Waals surface area (Å²) in [6.45, 7) is 0. The molecular weight excluding hydrogens is 156 g/mol. The van der Waals surface area contributed by atoms with Crippen molar-refractivity contribution in [3.05, 3.63) is 24.3 Å². The van der Waals surface area contributed by atoms with Crippen molar-refractivity contribution in [1.82, 2.24) is 0 Å². The molecule has 0 aromatic carbocycles. The number of allylic oxidation sites excluding steroid dienone is 4. The van der Waals surface area contributed by atoms with E-state index in [1.807, 2.05) is 0 Å². The van der Waals surface area contributed by atoms with Gasteiger partial charge in [0.05, 0.1) is 0 Å². The quantitative estimate of drug-likeness (QED) is 0.480. The summed E-state index contributed by atoms with van der Waals surface area (Å²) in [6.07, 6.45) is 22.0. The van der Waals surface area contributed by atoms with Crippen LogP contribution < -0.4 is 0 Å². The largest absolute Gasteiger partial charge is 0.0885 e. The van der Waals surface area contributed by atoms with E-state index in [-0.39, 0.29) is 0 Å². The summed E-state index contributed by atoms with van der Waals surface area (Å²) in [5, 5.41) is 0. The summed E-state index contributed by atoms with van der Waals surface area (Å²) in [4.78, 5) is 0. The van der Waals surface area contributed by atoms with Gasteiger partial charge in [0, 0.05) is 0 Å². The standard InChI is InChI=1S/C13H21/c1-2-4-6-8-10-12-13-11-9-7-5-3-1/h1-2,11H,3-10,12H2. The van der Waals surface area contributed by atoms with Crippen LogP contribution in [0.5, 0.6) is 0 Å². The highest BCUT2D eigenvalue weighted by Gasteiger charge is 1.89. The topological polar surface area (TPSA) is 0 Å². The second-order valence-corrected chi connectivity index (χ2v) is 3.76. The molecule has 0 fully saturated rings. The van der Waals surface area contributed by atoms with Crippen LogP contribution in [0.1, 0.15) is 57.8 Å². The van der Waals surface area contributed by atoms with Gasteiger partial charge in [-0.25, -0.2) is 0 Å². The lowest BCUT2D eigenvalue weighted by atomic mass is 10.1. The third-order valence-corrected chi connectivity index (χ3v) is 2.47. The first-order valence-corrected chi connectivity index (χ1v) is 5.70. The molecule has 0 nitrogen and oxygen atoms in total. The van der Waals surface area contributed by atoms with Gasteiger partial charge in [0.2, 0.25) is 0 Å². The fourth-order valence-corrected chi connectivity index (χ4v) is 1.61. The Morgan fingerprint density at radius 2 is 1.38 bits per heavy atom. The van der Waals surface area contributed by atoms with Crippen LogP contribution in [0, 0.1) is 6.08 Å². The molecule has 0 saturated carbocycles. The van der Waals surface area contributed by atoms with Crippen molar-refractivity contribution >= 4 is 0 Å². The van der Waals surface area contributed by atoms with Crippen molar-refractivity contribution in [2.45, 2.75) is 57.8 Å². The Bertz CT molecular complexity index is 135. The van der Waals surface area contributed by atoms with Crippen LogP contribution in [-0.2, 0) is 0 Å². The van der Waals surface area contributed by atoms with E-state index < -0.39 is 0 Å². The average Bonchev–Trinajstić information content (AvgIpc) is 2.18. The molecule has 0 aromatic rings. The Morgan fingerprint density at radius 1 is 0.692 bits per heavy atom. The predicted molar refractivity (Wildman–Crippen MR) is 58.5 cm³/mol. The van der Waals surface area contributed by atoms with Gasteiger partial charge in [-0.3, -0.25) is 0 Å². The smallest absolute Gasteiger partial charge is 0.0279 e. The van der Waals surface area contributed by atoms with E-state index in [0.29, 0.717) is 0 Å². The minimum absolute atomic E-state index is 1.17. The van der Waals surface area contributed by atoms with Crippen LogP contribution in [0.2, 0.25) is 0 Å². The molecule has 0 spiro atoms. The molecule has 0 amide bonds. The summed E-state index contributed by atoms with van der Waals surface area (Å²) < 4.78 is 0. The first kappa shape index (κ1) is 10.6. The van der Waals surface area contributed by atoms with Gasteiger partial charge in [-0.05, 0) is 57.4 Å². The monoisotopic (exact) mass is 177 g/mol. The normalized spacial score (nSPS) is 21.5. The van der Waals surface area contributed by atoms with Crippen LogP contribution in [0.15, 0.2) is 18.2 Å². The Labute approximate surface area is 82.7 Å². The lowest BCUT2D eigenvalue weighted by Crippen LogP contribution is -1.74. The van der Waals surface area contributed by atoms with Crippen molar-refractivity contribution in [1.29, 1.82) is 0 Å². The average molecular weight is 177 g/mol. The molecule has 0 heterocycles. The molecule has 0 N–H and O–H groups in total. The van der Waals surface area contributed by atoms with Crippen molar-refractivity contribution in [2.24, 2.45) is 0 Å². The molecule has 0 aromatic heterocycles. The number of rotatable bonds is 0. The Morgan fingerprint density at radius 3 is 2.23 bits per heavy atom. The predicted octanol–water partition coefficient (Wildman–Crippen LogP) is 4.43. The third-order valence-electron chi connectivity index (χ3n) is 2.47. The lowest BCUT2D eigenvalue weighted by molar-refractivity contribution is 0.690. The molecule has 1 aliphatic carbocycles. The van der Waals surface area contributed by atoms with Crippen LogP contribution in [-0.4, -0.2) is 0 Å².